The molecule has 114 valence electrons. The lowest BCUT2D eigenvalue weighted by Gasteiger charge is -2.18. The molecule has 0 radical (unpaired) electrons. The molecule has 1 N–H and O–H groups in total. The van der Waals surface area contributed by atoms with E-state index in [0.29, 0.717) is 6.04 Å². The van der Waals surface area contributed by atoms with E-state index in [4.69, 9.17) is 4.74 Å². The van der Waals surface area contributed by atoms with Crippen LogP contribution in [0.5, 0.6) is 5.75 Å². The van der Waals surface area contributed by atoms with Crippen LogP contribution in [0.3, 0.4) is 0 Å². The first-order valence-electron chi connectivity index (χ1n) is 8.11. The fourth-order valence-electron chi connectivity index (χ4n) is 2.51. The molecular weight excluding hydrogens is 246 g/mol. The van der Waals surface area contributed by atoms with E-state index in [9.17, 15) is 0 Å². The molecule has 20 heavy (non-hydrogen) atoms. The number of hydrogen-bond donors (Lipinski definition) is 1. The van der Waals surface area contributed by atoms with Gasteiger partial charge in [-0.25, -0.2) is 0 Å². The fraction of sp³-hybridized carbons (Fsp3) is 0.667. The van der Waals surface area contributed by atoms with E-state index >= 15 is 0 Å². The second kappa shape index (κ2) is 9.82. The van der Waals surface area contributed by atoms with Gasteiger partial charge in [0.15, 0.2) is 0 Å². The highest BCUT2D eigenvalue weighted by Crippen LogP contribution is 2.24. The molecule has 0 bridgehead atoms. The first kappa shape index (κ1) is 17.0. The number of hydrogen-bond acceptors (Lipinski definition) is 2. The van der Waals surface area contributed by atoms with Crippen LogP contribution in [0.1, 0.15) is 70.9 Å². The summed E-state index contributed by atoms with van der Waals surface area (Å²) in [6.45, 7) is 6.39. The first-order chi connectivity index (χ1) is 9.67. The number of rotatable bonds is 10. The maximum absolute atomic E-state index is 5.78. The minimum absolute atomic E-state index is 0.229. The van der Waals surface area contributed by atoms with Crippen molar-refractivity contribution < 1.29 is 4.74 Å². The minimum atomic E-state index is 0.229. The first-order valence-corrected chi connectivity index (χ1v) is 8.11. The zero-order valence-electron chi connectivity index (χ0n) is 13.6. The van der Waals surface area contributed by atoms with Crippen LogP contribution in [0.15, 0.2) is 24.3 Å². The Bertz CT molecular complexity index is 362. The zero-order chi connectivity index (χ0) is 14.8. The van der Waals surface area contributed by atoms with Crippen LogP contribution >= 0.6 is 0 Å². The molecule has 0 fully saturated rings. The topological polar surface area (TPSA) is 21.3 Å². The molecule has 0 saturated carbocycles. The molecule has 2 nitrogen and oxygen atoms in total. The maximum atomic E-state index is 5.78. The van der Waals surface area contributed by atoms with Gasteiger partial charge < -0.3 is 10.1 Å². The molecule has 0 heterocycles. The Morgan fingerprint density at radius 2 is 1.85 bits per heavy atom. The Morgan fingerprint density at radius 1 is 1.10 bits per heavy atom. The summed E-state index contributed by atoms with van der Waals surface area (Å²) in [4.78, 5) is 0. The van der Waals surface area contributed by atoms with Crippen molar-refractivity contribution in [1.82, 2.24) is 5.32 Å². The summed E-state index contributed by atoms with van der Waals surface area (Å²) >= 11 is 0. The van der Waals surface area contributed by atoms with Crippen molar-refractivity contribution in [1.29, 1.82) is 0 Å². The predicted octanol–water partition coefficient (Wildman–Crippen LogP) is 5.09. The highest BCUT2D eigenvalue weighted by molar-refractivity contribution is 5.30. The summed E-state index contributed by atoms with van der Waals surface area (Å²) in [5.41, 5.74) is 1.33. The standard InChI is InChI=1S/C18H31NO/c1-5-6-7-8-9-13-18(19-4)16-11-10-12-17(14-16)20-15(2)3/h10-12,14-15,18-19H,5-9,13H2,1-4H3. The van der Waals surface area contributed by atoms with Crippen LogP contribution in [-0.4, -0.2) is 13.2 Å². The highest BCUT2D eigenvalue weighted by Gasteiger charge is 2.10. The van der Waals surface area contributed by atoms with E-state index in [-0.39, 0.29) is 6.10 Å². The molecule has 1 aromatic carbocycles. The Labute approximate surface area is 124 Å². The molecule has 0 amide bonds. The van der Waals surface area contributed by atoms with Crippen LogP contribution in [0, 0.1) is 0 Å². The van der Waals surface area contributed by atoms with Crippen LogP contribution in [0.25, 0.3) is 0 Å². The Balaban J connectivity index is 2.51. The van der Waals surface area contributed by atoms with Gasteiger partial charge in [-0.2, -0.15) is 0 Å². The van der Waals surface area contributed by atoms with Gasteiger partial charge in [-0.3, -0.25) is 0 Å². The minimum Gasteiger partial charge on any atom is -0.491 e. The van der Waals surface area contributed by atoms with Gasteiger partial charge in [0, 0.05) is 6.04 Å². The molecule has 1 atom stereocenters. The lowest BCUT2D eigenvalue weighted by molar-refractivity contribution is 0.242. The second-order valence-electron chi connectivity index (χ2n) is 5.78. The van der Waals surface area contributed by atoms with Gasteiger partial charge in [-0.15, -0.1) is 0 Å². The molecule has 0 spiro atoms. The van der Waals surface area contributed by atoms with Gasteiger partial charge in [0.25, 0.3) is 0 Å². The van der Waals surface area contributed by atoms with Crippen molar-refractivity contribution in [2.75, 3.05) is 7.05 Å². The summed E-state index contributed by atoms with van der Waals surface area (Å²) < 4.78 is 5.78. The molecule has 1 unspecified atom stereocenters. The molecule has 0 aromatic heterocycles. The van der Waals surface area contributed by atoms with Gasteiger partial charge in [-0.1, -0.05) is 51.2 Å². The van der Waals surface area contributed by atoms with Crippen molar-refractivity contribution in [2.45, 2.75) is 71.4 Å². The van der Waals surface area contributed by atoms with E-state index in [2.05, 4.69) is 44.3 Å². The third kappa shape index (κ3) is 6.42. The van der Waals surface area contributed by atoms with Crippen molar-refractivity contribution in [3.63, 3.8) is 0 Å². The smallest absolute Gasteiger partial charge is 0.120 e. The second-order valence-corrected chi connectivity index (χ2v) is 5.78. The summed E-state index contributed by atoms with van der Waals surface area (Å²) in [6, 6.07) is 8.94. The lowest BCUT2D eigenvalue weighted by Crippen LogP contribution is -2.16. The average Bonchev–Trinajstić information content (AvgIpc) is 2.42. The zero-order valence-corrected chi connectivity index (χ0v) is 13.6. The van der Waals surface area contributed by atoms with Gasteiger partial charge in [0.1, 0.15) is 5.75 Å². The van der Waals surface area contributed by atoms with Crippen molar-refractivity contribution in [3.8, 4) is 5.75 Å². The molecule has 1 rings (SSSR count). The fourth-order valence-corrected chi connectivity index (χ4v) is 2.51. The largest absolute Gasteiger partial charge is 0.491 e. The third-order valence-corrected chi connectivity index (χ3v) is 3.58. The number of benzene rings is 1. The molecule has 0 aliphatic heterocycles. The highest BCUT2D eigenvalue weighted by atomic mass is 16.5. The van der Waals surface area contributed by atoms with Gasteiger partial charge in [0.2, 0.25) is 0 Å². The average molecular weight is 277 g/mol. The van der Waals surface area contributed by atoms with Crippen molar-refractivity contribution in [3.05, 3.63) is 29.8 Å². The maximum Gasteiger partial charge on any atom is 0.120 e. The van der Waals surface area contributed by atoms with Crippen LogP contribution in [-0.2, 0) is 0 Å². The van der Waals surface area contributed by atoms with Gasteiger partial charge in [-0.05, 0) is 45.0 Å². The molecule has 0 saturated heterocycles. The van der Waals surface area contributed by atoms with E-state index in [1.165, 1.54) is 44.1 Å². The van der Waals surface area contributed by atoms with Crippen LogP contribution in [0.2, 0.25) is 0 Å². The van der Waals surface area contributed by atoms with Crippen LogP contribution < -0.4 is 10.1 Å². The number of unbranched alkanes of at least 4 members (excludes halogenated alkanes) is 4. The quantitative estimate of drug-likeness (QED) is 0.601. The predicted molar refractivity (Wildman–Crippen MR) is 87.4 cm³/mol. The van der Waals surface area contributed by atoms with E-state index < -0.39 is 0 Å². The lowest BCUT2D eigenvalue weighted by atomic mass is 9.99. The van der Waals surface area contributed by atoms with Gasteiger partial charge in [0.05, 0.1) is 6.10 Å². The number of nitrogens with one attached hydrogen (secondary N) is 1. The van der Waals surface area contributed by atoms with Crippen molar-refractivity contribution >= 4 is 0 Å². The molecule has 0 aliphatic carbocycles. The SMILES string of the molecule is CCCCCCCC(NC)c1cccc(OC(C)C)c1. The number of ether oxygens (including phenoxy) is 1. The molecular formula is C18H31NO. The monoisotopic (exact) mass is 277 g/mol. The summed E-state index contributed by atoms with van der Waals surface area (Å²) in [7, 11) is 2.05. The Morgan fingerprint density at radius 3 is 2.50 bits per heavy atom. The molecule has 0 aliphatic rings. The van der Waals surface area contributed by atoms with E-state index in [1.54, 1.807) is 0 Å². The normalized spacial score (nSPS) is 12.7. The molecule has 1 aromatic rings. The third-order valence-electron chi connectivity index (χ3n) is 3.58. The summed E-state index contributed by atoms with van der Waals surface area (Å²) in [5, 5.41) is 3.43. The summed E-state index contributed by atoms with van der Waals surface area (Å²) in [6.07, 6.45) is 8.10. The Hall–Kier alpha value is -1.02. The van der Waals surface area contributed by atoms with Gasteiger partial charge >= 0.3 is 0 Å². The van der Waals surface area contributed by atoms with Crippen molar-refractivity contribution in [2.24, 2.45) is 0 Å². The Kier molecular flexibility index (Phi) is 8.36. The molecule has 2 heteroatoms. The summed E-state index contributed by atoms with van der Waals surface area (Å²) in [5.74, 6) is 0.976. The van der Waals surface area contributed by atoms with E-state index in [1.807, 2.05) is 13.1 Å². The van der Waals surface area contributed by atoms with Crippen LogP contribution in [0.4, 0.5) is 0 Å². The van der Waals surface area contributed by atoms with E-state index in [0.717, 1.165) is 5.75 Å².